The van der Waals surface area contributed by atoms with Crippen LogP contribution in [0.5, 0.6) is 6.01 Å². The van der Waals surface area contributed by atoms with E-state index >= 15 is 0 Å². The molecule has 148 valence electrons. The third kappa shape index (κ3) is 3.43. The Labute approximate surface area is 174 Å². The van der Waals surface area contributed by atoms with Crippen LogP contribution in [-0.4, -0.2) is 34.7 Å². The lowest BCUT2D eigenvalue weighted by molar-refractivity contribution is 0.404. The van der Waals surface area contributed by atoms with Crippen molar-refractivity contribution in [3.05, 3.63) is 71.7 Å². The average Bonchev–Trinajstić information content (AvgIpc) is 3.17. The van der Waals surface area contributed by atoms with Gasteiger partial charge >= 0.3 is 6.01 Å². The molecule has 9 heteroatoms. The fraction of sp³-hybridized carbons (Fsp3) is 0.0952. The Kier molecular flexibility index (Phi) is 4.51. The van der Waals surface area contributed by atoms with E-state index in [4.69, 9.17) is 0 Å². The first kappa shape index (κ1) is 18.4. The summed E-state index contributed by atoms with van der Waals surface area (Å²) in [6.07, 6.45) is 0. The first-order valence-corrected chi connectivity index (χ1v) is 10.1. The second-order valence-electron chi connectivity index (χ2n) is 6.67. The normalized spacial score (nSPS) is 11.4. The Morgan fingerprint density at radius 3 is 2.63 bits per heavy atom. The minimum absolute atomic E-state index is 0.265. The van der Waals surface area contributed by atoms with E-state index < -0.39 is 0 Å². The van der Waals surface area contributed by atoms with Crippen LogP contribution in [0.2, 0.25) is 0 Å². The lowest BCUT2D eigenvalue weighted by atomic mass is 10.2. The molecule has 0 saturated heterocycles. The number of halogens is 1. The van der Waals surface area contributed by atoms with Crippen molar-refractivity contribution in [2.24, 2.45) is 0 Å². The van der Waals surface area contributed by atoms with Gasteiger partial charge in [-0.15, -0.1) is 0 Å². The van der Waals surface area contributed by atoms with Gasteiger partial charge < -0.3 is 5.11 Å². The molecule has 5 rings (SSSR count). The SMILES string of the molecule is Cc1nc2ccc(F)cc2nc1-c1cc2nc(SCc3ccccc3)nc(O)n2n1. The van der Waals surface area contributed by atoms with Crippen LogP contribution >= 0.6 is 11.8 Å². The minimum Gasteiger partial charge on any atom is -0.479 e. The van der Waals surface area contributed by atoms with E-state index in [-0.39, 0.29) is 11.8 Å². The molecule has 7 nitrogen and oxygen atoms in total. The molecule has 0 radical (unpaired) electrons. The summed E-state index contributed by atoms with van der Waals surface area (Å²) in [4.78, 5) is 17.6. The highest BCUT2D eigenvalue weighted by Gasteiger charge is 2.16. The first-order chi connectivity index (χ1) is 14.6. The predicted octanol–water partition coefficient (Wildman–Crippen LogP) is 4.18. The van der Waals surface area contributed by atoms with E-state index in [0.29, 0.717) is 44.7 Å². The van der Waals surface area contributed by atoms with Crippen LogP contribution in [0.15, 0.2) is 59.8 Å². The van der Waals surface area contributed by atoms with Crippen molar-refractivity contribution in [3.8, 4) is 17.4 Å². The molecule has 30 heavy (non-hydrogen) atoms. The van der Waals surface area contributed by atoms with E-state index in [1.165, 1.54) is 28.4 Å². The lowest BCUT2D eigenvalue weighted by Crippen LogP contribution is -1.98. The van der Waals surface area contributed by atoms with Gasteiger partial charge in [-0.2, -0.15) is 14.6 Å². The number of hydrogen-bond acceptors (Lipinski definition) is 7. The predicted molar refractivity (Wildman–Crippen MR) is 112 cm³/mol. The van der Waals surface area contributed by atoms with Gasteiger partial charge in [-0.05, 0) is 24.6 Å². The number of aryl methyl sites for hydroxylation is 1. The highest BCUT2D eigenvalue weighted by atomic mass is 32.2. The topological polar surface area (TPSA) is 89.1 Å². The van der Waals surface area contributed by atoms with Gasteiger partial charge in [0.25, 0.3) is 0 Å². The van der Waals surface area contributed by atoms with Crippen molar-refractivity contribution in [1.82, 2.24) is 29.5 Å². The smallest absolute Gasteiger partial charge is 0.319 e. The van der Waals surface area contributed by atoms with Gasteiger partial charge in [0.05, 0.1) is 16.7 Å². The fourth-order valence-corrected chi connectivity index (χ4v) is 3.91. The summed E-state index contributed by atoms with van der Waals surface area (Å²) in [6, 6.07) is 15.7. The molecule has 0 atom stereocenters. The molecule has 5 aromatic rings. The summed E-state index contributed by atoms with van der Waals surface area (Å²) in [5.74, 6) is 0.295. The monoisotopic (exact) mass is 418 g/mol. The third-order valence-corrected chi connectivity index (χ3v) is 5.46. The lowest BCUT2D eigenvalue weighted by Gasteiger charge is -2.04. The number of nitrogens with zero attached hydrogens (tertiary/aromatic N) is 6. The summed E-state index contributed by atoms with van der Waals surface area (Å²) in [6.45, 7) is 1.81. The van der Waals surface area contributed by atoms with E-state index in [9.17, 15) is 9.50 Å². The zero-order valence-corrected chi connectivity index (χ0v) is 16.6. The molecule has 0 aliphatic carbocycles. The Hall–Kier alpha value is -3.59. The van der Waals surface area contributed by atoms with E-state index in [1.807, 2.05) is 37.3 Å². The molecule has 0 fully saturated rings. The van der Waals surface area contributed by atoms with E-state index in [2.05, 4.69) is 25.0 Å². The standard InChI is InChI=1S/C21H15FN6OS/c1-12-19(24-16-9-14(22)7-8-15(16)23-12)17-10-18-25-20(26-21(29)28(18)27-17)30-11-13-5-3-2-4-6-13/h2-10H,11H2,1H3,(H,25,26,29). The summed E-state index contributed by atoms with van der Waals surface area (Å²) in [5, 5.41) is 15.1. The Morgan fingerprint density at radius 2 is 1.80 bits per heavy atom. The van der Waals surface area contributed by atoms with Crippen molar-refractivity contribution < 1.29 is 9.50 Å². The molecular weight excluding hydrogens is 403 g/mol. The second-order valence-corrected chi connectivity index (χ2v) is 7.61. The number of aromatic hydroxyl groups is 1. The zero-order chi connectivity index (χ0) is 20.7. The summed E-state index contributed by atoms with van der Waals surface area (Å²) < 4.78 is 14.8. The number of benzene rings is 2. The van der Waals surface area contributed by atoms with Gasteiger partial charge in [-0.25, -0.2) is 19.3 Å². The fourth-order valence-electron chi connectivity index (χ4n) is 3.11. The Balaban J connectivity index is 1.52. The Morgan fingerprint density at radius 1 is 0.967 bits per heavy atom. The molecule has 0 amide bonds. The molecule has 2 aromatic carbocycles. The van der Waals surface area contributed by atoms with Crippen molar-refractivity contribution >= 4 is 28.4 Å². The molecule has 3 heterocycles. The molecule has 0 saturated carbocycles. The van der Waals surface area contributed by atoms with Crippen LogP contribution < -0.4 is 0 Å². The van der Waals surface area contributed by atoms with Crippen molar-refractivity contribution in [2.45, 2.75) is 17.8 Å². The first-order valence-electron chi connectivity index (χ1n) is 9.14. The second kappa shape index (κ2) is 7.34. The molecule has 0 aliphatic heterocycles. The molecular formula is C21H15FN6OS. The van der Waals surface area contributed by atoms with Gasteiger partial charge in [0.15, 0.2) is 10.8 Å². The van der Waals surface area contributed by atoms with Crippen LogP contribution in [0, 0.1) is 12.7 Å². The maximum absolute atomic E-state index is 13.6. The molecule has 0 bridgehead atoms. The molecule has 0 unspecified atom stereocenters. The molecule has 0 aliphatic rings. The van der Waals surface area contributed by atoms with Gasteiger partial charge in [0.2, 0.25) is 0 Å². The quantitative estimate of drug-likeness (QED) is 0.438. The third-order valence-electron chi connectivity index (χ3n) is 4.54. The molecule has 0 spiro atoms. The number of aromatic nitrogens is 6. The largest absolute Gasteiger partial charge is 0.479 e. The molecule has 3 aromatic heterocycles. The van der Waals surface area contributed by atoms with Gasteiger partial charge in [-0.3, -0.25) is 0 Å². The van der Waals surface area contributed by atoms with Crippen LogP contribution in [0.25, 0.3) is 28.1 Å². The summed E-state index contributed by atoms with van der Waals surface area (Å²) >= 11 is 1.42. The number of hydrogen-bond donors (Lipinski definition) is 1. The van der Waals surface area contributed by atoms with E-state index in [1.54, 1.807) is 12.1 Å². The highest BCUT2D eigenvalue weighted by Crippen LogP contribution is 2.26. The minimum atomic E-state index is -0.384. The van der Waals surface area contributed by atoms with Crippen LogP contribution in [0.1, 0.15) is 11.3 Å². The Bertz CT molecular complexity index is 1390. The average molecular weight is 418 g/mol. The number of rotatable bonds is 4. The number of thioether (sulfide) groups is 1. The van der Waals surface area contributed by atoms with Crippen molar-refractivity contribution in [1.29, 1.82) is 0 Å². The van der Waals surface area contributed by atoms with E-state index in [0.717, 1.165) is 5.56 Å². The van der Waals surface area contributed by atoms with Gasteiger partial charge in [-0.1, -0.05) is 42.1 Å². The van der Waals surface area contributed by atoms with Crippen LogP contribution in [-0.2, 0) is 5.75 Å². The zero-order valence-electron chi connectivity index (χ0n) is 15.8. The maximum atomic E-state index is 13.6. The summed E-state index contributed by atoms with van der Waals surface area (Å²) in [5.41, 5.74) is 4.22. The summed E-state index contributed by atoms with van der Waals surface area (Å²) in [7, 11) is 0. The van der Waals surface area contributed by atoms with Gasteiger partial charge in [0.1, 0.15) is 17.2 Å². The van der Waals surface area contributed by atoms with Gasteiger partial charge in [0, 0.05) is 17.9 Å². The maximum Gasteiger partial charge on any atom is 0.319 e. The highest BCUT2D eigenvalue weighted by molar-refractivity contribution is 7.98. The van der Waals surface area contributed by atoms with Crippen LogP contribution in [0.3, 0.4) is 0 Å². The molecule has 1 N–H and O–H groups in total. The van der Waals surface area contributed by atoms with Crippen molar-refractivity contribution in [3.63, 3.8) is 0 Å². The number of fused-ring (bicyclic) bond motifs is 2. The van der Waals surface area contributed by atoms with Crippen LogP contribution in [0.4, 0.5) is 4.39 Å². The van der Waals surface area contributed by atoms with Crippen molar-refractivity contribution in [2.75, 3.05) is 0 Å².